The molecule has 0 aliphatic carbocycles. The second-order valence-corrected chi connectivity index (χ2v) is 17.5. The highest BCUT2D eigenvalue weighted by Crippen LogP contribution is 2.47. The summed E-state index contributed by atoms with van der Waals surface area (Å²) in [6.07, 6.45) is -1.18. The van der Waals surface area contributed by atoms with Crippen molar-refractivity contribution < 1.29 is 33.0 Å². The monoisotopic (exact) mass is 609 g/mol. The topological polar surface area (TPSA) is 117 Å². The number of carbonyl (C=O) groups is 3. The average Bonchev–Trinajstić information content (AvgIpc) is 3.51. The summed E-state index contributed by atoms with van der Waals surface area (Å²) in [5, 5.41) is 11.1. The molecule has 0 bridgehead atoms. The molecule has 10 nitrogen and oxygen atoms in total. The van der Waals surface area contributed by atoms with Crippen molar-refractivity contribution in [3.63, 3.8) is 0 Å². The molecule has 1 fully saturated rings. The van der Waals surface area contributed by atoms with E-state index in [0.29, 0.717) is 29.9 Å². The molecule has 2 aromatic heterocycles. The standard InChI is InChI=1S/C30H33F2N5O5Si/c1-5-6-10-35-11-9-30(28(35)39)22-8-7-19(31)14-21(22)27(38)37(30)17-20-15-24-25(16-23(32)26(33-24)34-29(40)41)36(20)18-42-12-13-43(2,3)4/h7-8,14-16H,9-13,17-18H2,1-4H3,(H,33,34)(H,40,41)/t30-/m0/s1. The van der Waals surface area contributed by atoms with Gasteiger partial charge in [-0.2, -0.15) is 0 Å². The fourth-order valence-corrected chi connectivity index (χ4v) is 6.45. The van der Waals surface area contributed by atoms with E-state index in [4.69, 9.17) is 9.84 Å². The summed E-state index contributed by atoms with van der Waals surface area (Å²) in [4.78, 5) is 46.3. The third-order valence-electron chi connectivity index (χ3n) is 7.88. The van der Waals surface area contributed by atoms with Crippen LogP contribution in [0.15, 0.2) is 30.3 Å². The van der Waals surface area contributed by atoms with Gasteiger partial charge >= 0.3 is 6.09 Å². The second-order valence-electron chi connectivity index (χ2n) is 11.9. The van der Waals surface area contributed by atoms with E-state index in [2.05, 4.69) is 36.5 Å². The zero-order valence-corrected chi connectivity index (χ0v) is 25.5. The molecule has 13 heteroatoms. The summed E-state index contributed by atoms with van der Waals surface area (Å²) < 4.78 is 36.9. The average molecular weight is 610 g/mol. The van der Waals surface area contributed by atoms with Crippen molar-refractivity contribution >= 4 is 42.8 Å². The lowest BCUT2D eigenvalue weighted by molar-refractivity contribution is -0.136. The predicted molar refractivity (Wildman–Crippen MR) is 158 cm³/mol. The van der Waals surface area contributed by atoms with Crippen LogP contribution in [0.5, 0.6) is 0 Å². The van der Waals surface area contributed by atoms with Gasteiger partial charge in [0.05, 0.1) is 24.1 Å². The normalized spacial score (nSPS) is 18.0. The molecule has 1 saturated heterocycles. The lowest BCUT2D eigenvalue weighted by Gasteiger charge is -2.34. The molecule has 1 aromatic carbocycles. The van der Waals surface area contributed by atoms with Gasteiger partial charge in [0.15, 0.2) is 17.2 Å². The molecular weight excluding hydrogens is 576 g/mol. The van der Waals surface area contributed by atoms with E-state index in [9.17, 15) is 23.2 Å². The van der Waals surface area contributed by atoms with Crippen molar-refractivity contribution in [2.24, 2.45) is 0 Å². The number of benzene rings is 1. The zero-order valence-electron chi connectivity index (χ0n) is 24.5. The number of nitrogens with one attached hydrogen (secondary N) is 1. The van der Waals surface area contributed by atoms with Crippen molar-refractivity contribution in [3.05, 3.63) is 58.8 Å². The van der Waals surface area contributed by atoms with E-state index in [1.807, 2.05) is 5.32 Å². The third kappa shape index (κ3) is 5.60. The van der Waals surface area contributed by atoms with Gasteiger partial charge in [0.25, 0.3) is 11.8 Å². The lowest BCUT2D eigenvalue weighted by atomic mass is 9.87. The van der Waals surface area contributed by atoms with Gasteiger partial charge in [-0.1, -0.05) is 31.6 Å². The summed E-state index contributed by atoms with van der Waals surface area (Å²) in [7, 11) is -1.41. The Morgan fingerprint density at radius 2 is 1.98 bits per heavy atom. The molecule has 43 heavy (non-hydrogen) atoms. The molecule has 5 rings (SSSR count). The highest BCUT2D eigenvalue weighted by molar-refractivity contribution is 6.76. The Morgan fingerprint density at radius 1 is 1.21 bits per heavy atom. The first-order valence-corrected chi connectivity index (χ1v) is 17.6. The van der Waals surface area contributed by atoms with Crippen molar-refractivity contribution in [2.75, 3.05) is 25.0 Å². The number of hydrogen-bond donors (Lipinski definition) is 2. The van der Waals surface area contributed by atoms with E-state index in [1.165, 1.54) is 17.0 Å². The SMILES string of the molecule is CC#CCN1CC[C@@]2(C1=O)c1ccc(F)cc1C(=O)N2Cc1cc2nc(NC(=O)O)c(F)cc2n1COCC[Si](C)(C)C. The number of carbonyl (C=O) groups excluding carboxylic acids is 2. The van der Waals surface area contributed by atoms with Crippen LogP contribution in [0.3, 0.4) is 0 Å². The molecular formula is C30H33F2N5O5Si. The highest BCUT2D eigenvalue weighted by atomic mass is 28.3. The number of fused-ring (bicyclic) bond motifs is 3. The third-order valence-corrected chi connectivity index (χ3v) is 9.59. The van der Waals surface area contributed by atoms with Crippen LogP contribution in [0.25, 0.3) is 11.0 Å². The molecule has 1 spiro atoms. The van der Waals surface area contributed by atoms with E-state index in [0.717, 1.165) is 18.2 Å². The van der Waals surface area contributed by atoms with Gasteiger partial charge in [-0.05, 0) is 31.2 Å². The fourth-order valence-electron chi connectivity index (χ4n) is 5.69. The molecule has 2 aliphatic rings. The molecule has 3 aromatic rings. The number of ether oxygens (including phenoxy) is 1. The van der Waals surface area contributed by atoms with E-state index in [-0.39, 0.29) is 43.2 Å². The first-order chi connectivity index (χ1) is 20.4. The van der Waals surface area contributed by atoms with Crippen LogP contribution >= 0.6 is 0 Å². The summed E-state index contributed by atoms with van der Waals surface area (Å²) in [6.45, 7) is 9.27. The fraction of sp³-hybridized carbons (Fsp3) is 0.400. The van der Waals surface area contributed by atoms with E-state index >= 15 is 0 Å². The van der Waals surface area contributed by atoms with Gasteiger partial charge < -0.3 is 24.2 Å². The van der Waals surface area contributed by atoms with Gasteiger partial charge in [-0.25, -0.2) is 18.6 Å². The Hall–Kier alpha value is -4.28. The number of rotatable bonds is 9. The van der Waals surface area contributed by atoms with E-state index < -0.39 is 43.1 Å². The Bertz CT molecular complexity index is 1690. The van der Waals surface area contributed by atoms with Crippen LogP contribution in [0.2, 0.25) is 25.7 Å². The van der Waals surface area contributed by atoms with E-state index in [1.54, 1.807) is 22.5 Å². The first kappa shape index (κ1) is 30.2. The van der Waals surface area contributed by atoms with Crippen LogP contribution in [-0.4, -0.2) is 70.1 Å². The maximum absolute atomic E-state index is 14.9. The van der Waals surface area contributed by atoms with Gasteiger partial charge in [-0.3, -0.25) is 14.9 Å². The molecule has 0 saturated carbocycles. The number of anilines is 1. The number of aromatic nitrogens is 2. The molecule has 3 amide bonds. The van der Waals surface area contributed by atoms with Crippen LogP contribution in [0, 0.1) is 23.5 Å². The van der Waals surface area contributed by atoms with Crippen molar-refractivity contribution in [3.8, 4) is 11.8 Å². The number of hydrogen-bond acceptors (Lipinski definition) is 5. The largest absolute Gasteiger partial charge is 0.465 e. The number of pyridine rings is 1. The van der Waals surface area contributed by atoms with Crippen LogP contribution in [0.1, 0.15) is 35.0 Å². The van der Waals surface area contributed by atoms with Gasteiger partial charge in [-0.15, -0.1) is 5.92 Å². The highest BCUT2D eigenvalue weighted by Gasteiger charge is 2.59. The van der Waals surface area contributed by atoms with Crippen molar-refractivity contribution in [1.82, 2.24) is 19.4 Å². The van der Waals surface area contributed by atoms with Gasteiger partial charge in [0.1, 0.15) is 12.5 Å². The first-order valence-electron chi connectivity index (χ1n) is 13.9. The molecule has 2 N–H and O–H groups in total. The lowest BCUT2D eigenvalue weighted by Crippen LogP contribution is -2.49. The Balaban J connectivity index is 1.58. The number of likely N-dealkylation sites (tertiary alicyclic amines) is 1. The maximum atomic E-state index is 14.9. The molecule has 4 heterocycles. The number of amides is 3. The predicted octanol–water partition coefficient (Wildman–Crippen LogP) is 4.82. The van der Waals surface area contributed by atoms with Crippen LogP contribution in [0.4, 0.5) is 19.4 Å². The molecule has 1 atom stereocenters. The maximum Gasteiger partial charge on any atom is 0.410 e. The molecule has 2 aliphatic heterocycles. The van der Waals surface area contributed by atoms with Crippen LogP contribution in [-0.2, 0) is 28.3 Å². The van der Waals surface area contributed by atoms with Gasteiger partial charge in [0, 0.05) is 50.5 Å². The van der Waals surface area contributed by atoms with Crippen molar-refractivity contribution in [2.45, 2.75) is 57.8 Å². The molecule has 226 valence electrons. The number of carboxylic acid groups (broad SMARTS) is 1. The van der Waals surface area contributed by atoms with Crippen LogP contribution < -0.4 is 5.32 Å². The van der Waals surface area contributed by atoms with Crippen molar-refractivity contribution in [1.29, 1.82) is 0 Å². The Kier molecular flexibility index (Phi) is 8.02. The summed E-state index contributed by atoms with van der Waals surface area (Å²) in [6, 6.07) is 7.56. The minimum Gasteiger partial charge on any atom is -0.465 e. The number of nitrogens with zero attached hydrogens (tertiary/aromatic N) is 4. The minimum absolute atomic E-state index is 0.0128. The smallest absolute Gasteiger partial charge is 0.410 e. The molecule has 0 radical (unpaired) electrons. The summed E-state index contributed by atoms with van der Waals surface area (Å²) in [5.74, 6) is 2.96. The zero-order chi connectivity index (χ0) is 31.1. The Morgan fingerprint density at radius 3 is 2.67 bits per heavy atom. The molecule has 0 unspecified atom stereocenters. The second kappa shape index (κ2) is 11.4. The number of halogens is 2. The Labute approximate surface area is 248 Å². The summed E-state index contributed by atoms with van der Waals surface area (Å²) in [5.41, 5.74) is 0.270. The quantitative estimate of drug-likeness (QED) is 0.204. The summed E-state index contributed by atoms with van der Waals surface area (Å²) >= 11 is 0. The van der Waals surface area contributed by atoms with Gasteiger partial charge in [0.2, 0.25) is 0 Å². The minimum atomic E-state index is -1.47.